The maximum atomic E-state index is 12.7. The zero-order valence-corrected chi connectivity index (χ0v) is 19.2. The van der Waals surface area contributed by atoms with Gasteiger partial charge in [0.05, 0.1) is 10.7 Å². The molecule has 0 aromatic heterocycles. The third-order valence-electron chi connectivity index (χ3n) is 4.07. The molecule has 0 spiro atoms. The Morgan fingerprint density at radius 2 is 1.58 bits per heavy atom. The van der Waals surface area contributed by atoms with Crippen LogP contribution in [0.3, 0.4) is 0 Å². The van der Waals surface area contributed by atoms with E-state index >= 15 is 0 Å². The van der Waals surface area contributed by atoms with Crippen molar-refractivity contribution in [2.75, 3.05) is 0 Å². The van der Waals surface area contributed by atoms with Gasteiger partial charge in [-0.25, -0.2) is 5.43 Å². The minimum atomic E-state index is -0.613. The lowest BCUT2D eigenvalue weighted by atomic mass is 10.1. The lowest BCUT2D eigenvalue weighted by Crippen LogP contribution is -2.32. The summed E-state index contributed by atoms with van der Waals surface area (Å²) in [4.78, 5) is 25.3. The molecule has 8 heteroatoms. The molecule has 0 radical (unpaired) electrons. The number of phenols is 1. The summed E-state index contributed by atoms with van der Waals surface area (Å²) in [6, 6.07) is 21.0. The summed E-state index contributed by atoms with van der Waals surface area (Å²) in [6.07, 6.45) is 2.86. The molecule has 3 aromatic carbocycles. The molecule has 0 fully saturated rings. The molecule has 0 saturated heterocycles. The second kappa shape index (κ2) is 10.7. The number of nitrogens with zero attached hydrogens (tertiary/aromatic N) is 1. The van der Waals surface area contributed by atoms with Crippen molar-refractivity contribution in [3.8, 4) is 5.75 Å². The first-order chi connectivity index (χ1) is 14.9. The number of rotatable bonds is 6. The van der Waals surface area contributed by atoms with E-state index in [-0.39, 0.29) is 11.4 Å². The molecule has 0 aliphatic heterocycles. The summed E-state index contributed by atoms with van der Waals surface area (Å²) in [5.41, 5.74) is 3.95. The van der Waals surface area contributed by atoms with Crippen LogP contribution in [0.2, 0.25) is 0 Å². The van der Waals surface area contributed by atoms with Gasteiger partial charge >= 0.3 is 0 Å². The maximum Gasteiger partial charge on any atom is 0.287 e. The summed E-state index contributed by atoms with van der Waals surface area (Å²) in [5, 5.41) is 16.6. The highest BCUT2D eigenvalue weighted by atomic mass is 79.9. The van der Waals surface area contributed by atoms with Gasteiger partial charge in [0.25, 0.3) is 11.8 Å². The van der Waals surface area contributed by atoms with Crippen LogP contribution in [0.25, 0.3) is 6.08 Å². The van der Waals surface area contributed by atoms with E-state index in [1.165, 1.54) is 6.21 Å². The molecule has 3 aromatic rings. The van der Waals surface area contributed by atoms with E-state index in [9.17, 15) is 14.7 Å². The summed E-state index contributed by atoms with van der Waals surface area (Å²) in [5.74, 6) is -1.05. The number of hydrazone groups is 1. The van der Waals surface area contributed by atoms with Crippen LogP contribution in [0.1, 0.15) is 21.5 Å². The summed E-state index contributed by atoms with van der Waals surface area (Å²) in [6.45, 7) is 0. The summed E-state index contributed by atoms with van der Waals surface area (Å²) in [7, 11) is 0. The highest BCUT2D eigenvalue weighted by molar-refractivity contribution is 9.11. The Kier molecular flexibility index (Phi) is 7.75. The fraction of sp³-hybridized carbons (Fsp3) is 0. The molecule has 0 aliphatic rings. The molecule has 0 saturated carbocycles. The molecular formula is C23H17Br2N3O3. The highest BCUT2D eigenvalue weighted by Crippen LogP contribution is 2.30. The number of carbonyl (C=O) groups is 2. The van der Waals surface area contributed by atoms with Crippen molar-refractivity contribution in [1.82, 2.24) is 10.7 Å². The van der Waals surface area contributed by atoms with E-state index in [4.69, 9.17) is 0 Å². The fourth-order valence-corrected chi connectivity index (χ4v) is 3.82. The smallest absolute Gasteiger partial charge is 0.287 e. The number of benzene rings is 3. The van der Waals surface area contributed by atoms with Crippen LogP contribution in [-0.2, 0) is 4.79 Å². The molecule has 0 aliphatic carbocycles. The first-order valence-electron chi connectivity index (χ1n) is 9.08. The molecule has 6 nitrogen and oxygen atoms in total. The van der Waals surface area contributed by atoms with Crippen LogP contribution in [0.5, 0.6) is 5.75 Å². The van der Waals surface area contributed by atoms with Crippen molar-refractivity contribution < 1.29 is 14.7 Å². The molecule has 31 heavy (non-hydrogen) atoms. The zero-order chi connectivity index (χ0) is 22.2. The van der Waals surface area contributed by atoms with E-state index in [1.54, 1.807) is 48.5 Å². The molecule has 156 valence electrons. The zero-order valence-electron chi connectivity index (χ0n) is 16.0. The van der Waals surface area contributed by atoms with Gasteiger partial charge in [0, 0.05) is 15.6 Å². The Hall–Kier alpha value is -3.23. The Morgan fingerprint density at radius 3 is 2.26 bits per heavy atom. The number of halogens is 2. The monoisotopic (exact) mass is 541 g/mol. The van der Waals surface area contributed by atoms with Crippen molar-refractivity contribution >= 4 is 56.0 Å². The molecule has 0 unspecified atom stereocenters. The number of carbonyl (C=O) groups excluding carboxylic acids is 2. The van der Waals surface area contributed by atoms with Gasteiger partial charge in [-0.3, -0.25) is 9.59 Å². The SMILES string of the molecule is O=C(N/N=C\c1cc(Br)cc(Br)c1O)/C(=C\c1ccccc1)NC(=O)c1ccccc1. The van der Waals surface area contributed by atoms with Crippen LogP contribution >= 0.6 is 31.9 Å². The number of amides is 2. The number of hydrogen-bond acceptors (Lipinski definition) is 4. The second-order valence-electron chi connectivity index (χ2n) is 6.31. The number of hydrogen-bond donors (Lipinski definition) is 3. The quantitative estimate of drug-likeness (QED) is 0.236. The average Bonchev–Trinajstić information content (AvgIpc) is 2.77. The van der Waals surface area contributed by atoms with Crippen molar-refractivity contribution in [3.63, 3.8) is 0 Å². The van der Waals surface area contributed by atoms with Crippen LogP contribution < -0.4 is 10.7 Å². The molecule has 0 atom stereocenters. The van der Waals surface area contributed by atoms with Crippen molar-refractivity contribution in [1.29, 1.82) is 0 Å². The molecule has 3 N–H and O–H groups in total. The predicted molar refractivity (Wildman–Crippen MR) is 128 cm³/mol. The van der Waals surface area contributed by atoms with Gasteiger partial charge in [0.2, 0.25) is 0 Å². The first-order valence-corrected chi connectivity index (χ1v) is 10.7. The largest absolute Gasteiger partial charge is 0.506 e. The number of nitrogens with one attached hydrogen (secondary N) is 2. The van der Waals surface area contributed by atoms with E-state index in [1.807, 2.05) is 30.3 Å². The van der Waals surface area contributed by atoms with Crippen molar-refractivity contribution in [2.45, 2.75) is 0 Å². The Labute approximate surface area is 195 Å². The Morgan fingerprint density at radius 1 is 0.935 bits per heavy atom. The summed E-state index contributed by atoms with van der Waals surface area (Å²) < 4.78 is 1.21. The molecular weight excluding hydrogens is 526 g/mol. The van der Waals surface area contributed by atoms with Crippen molar-refractivity contribution in [3.05, 3.63) is 104 Å². The van der Waals surface area contributed by atoms with Gasteiger partial charge in [-0.05, 0) is 51.8 Å². The number of aromatic hydroxyl groups is 1. The molecule has 0 bridgehead atoms. The van der Waals surface area contributed by atoms with Gasteiger partial charge in [-0.15, -0.1) is 0 Å². The number of phenolic OH excluding ortho intramolecular Hbond substituents is 1. The molecule has 3 rings (SSSR count). The van der Waals surface area contributed by atoms with E-state index in [0.29, 0.717) is 15.6 Å². The van der Waals surface area contributed by atoms with Gasteiger partial charge in [-0.2, -0.15) is 5.10 Å². The van der Waals surface area contributed by atoms with Crippen LogP contribution in [0.4, 0.5) is 0 Å². The van der Waals surface area contributed by atoms with Gasteiger partial charge in [0.1, 0.15) is 11.4 Å². The van der Waals surface area contributed by atoms with Gasteiger partial charge in [0.15, 0.2) is 0 Å². The lowest BCUT2D eigenvalue weighted by Gasteiger charge is -2.09. The first kappa shape index (κ1) is 22.5. The normalized spacial score (nSPS) is 11.4. The van der Waals surface area contributed by atoms with Crippen LogP contribution in [-0.4, -0.2) is 23.1 Å². The molecule has 0 heterocycles. The van der Waals surface area contributed by atoms with Crippen molar-refractivity contribution in [2.24, 2.45) is 5.10 Å². The average molecular weight is 543 g/mol. The van der Waals surface area contributed by atoms with Crippen LogP contribution in [0, 0.1) is 0 Å². The topological polar surface area (TPSA) is 90.8 Å². The van der Waals surface area contributed by atoms with Gasteiger partial charge < -0.3 is 10.4 Å². The van der Waals surface area contributed by atoms with E-state index < -0.39 is 11.8 Å². The standard InChI is InChI=1S/C23H17Br2N3O3/c24-18-12-17(21(29)19(25)13-18)14-26-28-23(31)20(11-15-7-3-1-4-8-15)27-22(30)16-9-5-2-6-10-16/h1-14,29H,(H,27,30)(H,28,31)/b20-11+,26-14-. The highest BCUT2D eigenvalue weighted by Gasteiger charge is 2.14. The van der Waals surface area contributed by atoms with E-state index in [2.05, 4.69) is 47.7 Å². The fourth-order valence-electron chi connectivity index (χ4n) is 2.56. The minimum Gasteiger partial charge on any atom is -0.506 e. The van der Waals surface area contributed by atoms with E-state index in [0.717, 1.165) is 10.0 Å². The minimum absolute atomic E-state index is 0.0152. The third-order valence-corrected chi connectivity index (χ3v) is 5.13. The molecule has 2 amide bonds. The third kappa shape index (κ3) is 6.37. The Balaban J connectivity index is 1.81. The lowest BCUT2D eigenvalue weighted by molar-refractivity contribution is -0.117. The van der Waals surface area contributed by atoms with Crippen LogP contribution in [0.15, 0.2) is 92.5 Å². The second-order valence-corrected chi connectivity index (χ2v) is 8.08. The Bertz CT molecular complexity index is 1150. The predicted octanol–water partition coefficient (Wildman–Crippen LogP) is 4.84. The summed E-state index contributed by atoms with van der Waals surface area (Å²) >= 11 is 6.57. The van der Waals surface area contributed by atoms with Gasteiger partial charge in [-0.1, -0.05) is 64.5 Å². The maximum absolute atomic E-state index is 12.7.